The summed E-state index contributed by atoms with van der Waals surface area (Å²) in [5.41, 5.74) is 4.01. The van der Waals surface area contributed by atoms with Crippen molar-refractivity contribution in [2.24, 2.45) is 0 Å². The van der Waals surface area contributed by atoms with Crippen molar-refractivity contribution in [1.82, 2.24) is 9.78 Å². The highest BCUT2D eigenvalue weighted by molar-refractivity contribution is 6.04. The molecule has 8 heteroatoms. The number of allylic oxidation sites excluding steroid dienone is 3. The zero-order valence-electron chi connectivity index (χ0n) is 20.1. The standard InChI is InChI=1S/C27H27N3O5/c1-29(20-13-10-18(11-14-20)27(32)35-4)26(31)22-17-21-8-6-5-7-9-23(30(21)28-22)19-12-15-24(33-2)25(16-19)34-3/h5,7,9-17H,6,8H2,1-4H3/b7-5-,23-9-. The molecule has 35 heavy (non-hydrogen) atoms. The van der Waals surface area contributed by atoms with E-state index in [0.29, 0.717) is 28.4 Å². The molecule has 1 amide bonds. The van der Waals surface area contributed by atoms with E-state index >= 15 is 0 Å². The minimum absolute atomic E-state index is 0.255. The fraction of sp³-hybridized carbons (Fsp3) is 0.222. The molecule has 0 radical (unpaired) electrons. The fourth-order valence-corrected chi connectivity index (χ4v) is 3.91. The van der Waals surface area contributed by atoms with Crippen molar-refractivity contribution >= 4 is 23.3 Å². The van der Waals surface area contributed by atoms with E-state index in [1.165, 1.54) is 12.0 Å². The molecule has 0 saturated heterocycles. The number of aromatic nitrogens is 2. The predicted octanol–water partition coefficient (Wildman–Crippen LogP) is 4.36. The SMILES string of the molecule is COC(=O)c1ccc(N(C)C(=O)c2cc3n(n2)/C(c2ccc(OC)c(OC)c2)=C\C=C/CC3)cc1. The molecular formula is C27H27N3O5. The molecule has 1 aliphatic rings. The van der Waals surface area contributed by atoms with Gasteiger partial charge in [-0.25, -0.2) is 9.48 Å². The Kier molecular flexibility index (Phi) is 7.01. The van der Waals surface area contributed by atoms with Gasteiger partial charge >= 0.3 is 5.97 Å². The third kappa shape index (κ3) is 4.82. The number of aryl methyl sites for hydroxylation is 1. The second-order valence-electron chi connectivity index (χ2n) is 7.92. The number of amides is 1. The van der Waals surface area contributed by atoms with Crippen LogP contribution in [0.4, 0.5) is 5.69 Å². The van der Waals surface area contributed by atoms with Crippen LogP contribution >= 0.6 is 0 Å². The summed E-state index contributed by atoms with van der Waals surface area (Å²) in [6, 6.07) is 14.2. The first-order valence-corrected chi connectivity index (χ1v) is 11.1. The van der Waals surface area contributed by atoms with Gasteiger partial charge in [-0.2, -0.15) is 5.10 Å². The van der Waals surface area contributed by atoms with Gasteiger partial charge in [0.1, 0.15) is 0 Å². The summed E-state index contributed by atoms with van der Waals surface area (Å²) in [6.07, 6.45) is 7.63. The van der Waals surface area contributed by atoms with Crippen LogP contribution in [0, 0.1) is 0 Å². The van der Waals surface area contributed by atoms with E-state index in [-0.39, 0.29) is 5.91 Å². The smallest absolute Gasteiger partial charge is 0.337 e. The molecule has 2 aromatic carbocycles. The van der Waals surface area contributed by atoms with Crippen LogP contribution in [0.2, 0.25) is 0 Å². The number of benzene rings is 2. The Morgan fingerprint density at radius 3 is 2.40 bits per heavy atom. The third-order valence-corrected chi connectivity index (χ3v) is 5.85. The summed E-state index contributed by atoms with van der Waals surface area (Å²) >= 11 is 0. The zero-order valence-corrected chi connectivity index (χ0v) is 20.1. The Labute approximate surface area is 204 Å². The number of esters is 1. The monoisotopic (exact) mass is 473 g/mol. The molecule has 3 aromatic rings. The van der Waals surface area contributed by atoms with Crippen LogP contribution in [0.15, 0.2) is 66.8 Å². The number of carbonyl (C=O) groups is 2. The number of hydrogen-bond donors (Lipinski definition) is 0. The van der Waals surface area contributed by atoms with Crippen molar-refractivity contribution in [3.8, 4) is 11.5 Å². The highest BCUT2D eigenvalue weighted by Crippen LogP contribution is 2.32. The molecule has 4 rings (SSSR count). The molecule has 0 saturated carbocycles. The lowest BCUT2D eigenvalue weighted by Crippen LogP contribution is -2.26. The molecule has 180 valence electrons. The largest absolute Gasteiger partial charge is 0.493 e. The number of methoxy groups -OCH3 is 3. The van der Waals surface area contributed by atoms with Gasteiger partial charge in [0.05, 0.1) is 32.6 Å². The van der Waals surface area contributed by atoms with E-state index in [1.807, 2.05) is 41.1 Å². The van der Waals surface area contributed by atoms with Gasteiger partial charge in [0, 0.05) is 24.0 Å². The van der Waals surface area contributed by atoms with Crippen molar-refractivity contribution < 1.29 is 23.8 Å². The number of nitrogens with zero attached hydrogens (tertiary/aromatic N) is 3. The molecule has 8 nitrogen and oxygen atoms in total. The van der Waals surface area contributed by atoms with E-state index in [0.717, 1.165) is 29.8 Å². The second kappa shape index (κ2) is 10.3. The van der Waals surface area contributed by atoms with Crippen molar-refractivity contribution in [2.45, 2.75) is 12.8 Å². The summed E-state index contributed by atoms with van der Waals surface area (Å²) in [5.74, 6) is 0.559. The molecule has 0 aliphatic carbocycles. The van der Waals surface area contributed by atoms with E-state index in [9.17, 15) is 9.59 Å². The predicted molar refractivity (Wildman–Crippen MR) is 133 cm³/mol. The first-order chi connectivity index (χ1) is 17.0. The maximum absolute atomic E-state index is 13.3. The molecule has 0 atom stereocenters. The van der Waals surface area contributed by atoms with Gasteiger partial charge in [-0.15, -0.1) is 0 Å². The molecule has 1 aliphatic heterocycles. The van der Waals surface area contributed by atoms with Crippen molar-refractivity contribution in [2.75, 3.05) is 33.3 Å². The Balaban J connectivity index is 1.67. The molecule has 0 N–H and O–H groups in total. The van der Waals surface area contributed by atoms with Gasteiger partial charge in [0.25, 0.3) is 5.91 Å². The van der Waals surface area contributed by atoms with Crippen molar-refractivity contribution in [3.05, 3.63) is 89.3 Å². The summed E-state index contributed by atoms with van der Waals surface area (Å²) in [5, 5.41) is 4.69. The Morgan fingerprint density at radius 2 is 1.71 bits per heavy atom. The molecular weight excluding hydrogens is 446 g/mol. The minimum Gasteiger partial charge on any atom is -0.493 e. The van der Waals surface area contributed by atoms with Gasteiger partial charge in [-0.1, -0.05) is 12.2 Å². The number of rotatable bonds is 6. The fourth-order valence-electron chi connectivity index (χ4n) is 3.91. The lowest BCUT2D eigenvalue weighted by Gasteiger charge is -2.16. The van der Waals surface area contributed by atoms with Crippen LogP contribution < -0.4 is 14.4 Å². The lowest BCUT2D eigenvalue weighted by atomic mass is 10.1. The Hall–Kier alpha value is -4.33. The number of fused-ring (bicyclic) bond motifs is 1. The lowest BCUT2D eigenvalue weighted by molar-refractivity contribution is 0.0600. The van der Waals surface area contributed by atoms with E-state index in [4.69, 9.17) is 19.3 Å². The molecule has 2 heterocycles. The summed E-state index contributed by atoms with van der Waals surface area (Å²) in [6.45, 7) is 0. The van der Waals surface area contributed by atoms with Gasteiger partial charge in [-0.3, -0.25) is 4.79 Å². The highest BCUT2D eigenvalue weighted by Gasteiger charge is 2.22. The third-order valence-electron chi connectivity index (χ3n) is 5.85. The Bertz CT molecular complexity index is 1300. The Morgan fingerprint density at radius 1 is 0.971 bits per heavy atom. The molecule has 1 aromatic heterocycles. The van der Waals surface area contributed by atoms with Crippen molar-refractivity contribution in [3.63, 3.8) is 0 Å². The minimum atomic E-state index is -0.428. The van der Waals surface area contributed by atoms with E-state index in [2.05, 4.69) is 6.08 Å². The van der Waals surface area contributed by atoms with Crippen LogP contribution in [0.3, 0.4) is 0 Å². The number of ether oxygens (including phenoxy) is 3. The molecule has 0 unspecified atom stereocenters. The van der Waals surface area contributed by atoms with Crippen LogP contribution in [-0.2, 0) is 11.2 Å². The van der Waals surface area contributed by atoms with Crippen molar-refractivity contribution in [1.29, 1.82) is 0 Å². The van der Waals surface area contributed by atoms with Gasteiger partial charge in [-0.05, 0) is 67.4 Å². The van der Waals surface area contributed by atoms with Crippen LogP contribution in [0.5, 0.6) is 11.5 Å². The van der Waals surface area contributed by atoms with Crippen LogP contribution in [0.1, 0.15) is 38.5 Å². The van der Waals surface area contributed by atoms with Gasteiger partial charge < -0.3 is 19.1 Å². The molecule has 0 spiro atoms. The zero-order chi connectivity index (χ0) is 24.9. The number of carbonyl (C=O) groups excluding carboxylic acids is 2. The van der Waals surface area contributed by atoms with Gasteiger partial charge in [0.15, 0.2) is 17.2 Å². The molecule has 0 bridgehead atoms. The quantitative estimate of drug-likeness (QED) is 0.495. The van der Waals surface area contributed by atoms with Crippen LogP contribution in [0.25, 0.3) is 5.70 Å². The number of hydrogen-bond acceptors (Lipinski definition) is 6. The average Bonchev–Trinajstić information content (AvgIpc) is 3.30. The summed E-state index contributed by atoms with van der Waals surface area (Å²) in [7, 11) is 6.20. The first-order valence-electron chi connectivity index (χ1n) is 11.1. The maximum Gasteiger partial charge on any atom is 0.337 e. The van der Waals surface area contributed by atoms with E-state index < -0.39 is 5.97 Å². The normalized spacial score (nSPS) is 15.0. The summed E-state index contributed by atoms with van der Waals surface area (Å²) < 4.78 is 17.4. The first kappa shape index (κ1) is 23.8. The van der Waals surface area contributed by atoms with E-state index in [1.54, 1.807) is 45.5 Å². The number of anilines is 1. The summed E-state index contributed by atoms with van der Waals surface area (Å²) in [4.78, 5) is 26.5. The maximum atomic E-state index is 13.3. The average molecular weight is 474 g/mol. The van der Waals surface area contributed by atoms with Crippen LogP contribution in [-0.4, -0.2) is 50.0 Å². The highest BCUT2D eigenvalue weighted by atomic mass is 16.5. The second-order valence-corrected chi connectivity index (χ2v) is 7.92. The molecule has 0 fully saturated rings. The topological polar surface area (TPSA) is 82.9 Å². The van der Waals surface area contributed by atoms with Gasteiger partial charge in [0.2, 0.25) is 0 Å².